The van der Waals surface area contributed by atoms with Gasteiger partial charge in [0.25, 0.3) is 0 Å². The van der Waals surface area contributed by atoms with Crippen LogP contribution in [-0.2, 0) is 0 Å². The summed E-state index contributed by atoms with van der Waals surface area (Å²) in [6.07, 6.45) is 3.71. The lowest BCUT2D eigenvalue weighted by molar-refractivity contribution is 0.116. The van der Waals surface area contributed by atoms with Gasteiger partial charge in [-0.25, -0.2) is 0 Å². The largest absolute Gasteiger partial charge is 0.330 e. The lowest BCUT2D eigenvalue weighted by Gasteiger charge is -2.38. The number of likely N-dealkylation sites (N-methyl/N-ethyl adjacent to an activating group) is 1. The first kappa shape index (κ1) is 14.9. The van der Waals surface area contributed by atoms with Crippen LogP contribution < -0.4 is 5.73 Å². The molecule has 0 aromatic carbocycles. The Hall–Kier alpha value is -0.120. The third-order valence-electron chi connectivity index (χ3n) is 4.43. The van der Waals surface area contributed by atoms with E-state index in [-0.39, 0.29) is 5.41 Å². The Morgan fingerprint density at radius 3 is 2.53 bits per heavy atom. The Bertz CT molecular complexity index is 214. The van der Waals surface area contributed by atoms with Crippen LogP contribution in [0, 0.1) is 5.41 Å². The smallest absolute Gasteiger partial charge is 0.0220 e. The van der Waals surface area contributed by atoms with Gasteiger partial charge in [0.05, 0.1) is 0 Å². The van der Waals surface area contributed by atoms with Crippen LogP contribution in [0.15, 0.2) is 0 Å². The predicted octanol–water partition coefficient (Wildman–Crippen LogP) is 1.78. The summed E-state index contributed by atoms with van der Waals surface area (Å²) in [5.41, 5.74) is 6.24. The molecule has 102 valence electrons. The molecule has 1 heterocycles. The van der Waals surface area contributed by atoms with E-state index >= 15 is 0 Å². The molecule has 0 aromatic rings. The maximum atomic E-state index is 5.95. The average Bonchev–Trinajstić information content (AvgIpc) is 2.51. The fraction of sp³-hybridized carbons (Fsp3) is 1.00. The molecule has 1 fully saturated rings. The minimum atomic E-state index is 0.288. The van der Waals surface area contributed by atoms with Gasteiger partial charge in [0, 0.05) is 19.1 Å². The number of hydrogen-bond acceptors (Lipinski definition) is 3. The van der Waals surface area contributed by atoms with E-state index in [1.54, 1.807) is 0 Å². The highest BCUT2D eigenvalue weighted by Gasteiger charge is 2.29. The van der Waals surface area contributed by atoms with Crippen molar-refractivity contribution >= 4 is 0 Å². The van der Waals surface area contributed by atoms with E-state index in [4.69, 9.17) is 5.73 Å². The van der Waals surface area contributed by atoms with Gasteiger partial charge in [0.1, 0.15) is 0 Å². The minimum Gasteiger partial charge on any atom is -0.330 e. The fourth-order valence-electron chi connectivity index (χ4n) is 2.70. The van der Waals surface area contributed by atoms with Crippen LogP contribution in [0.1, 0.15) is 40.0 Å². The van der Waals surface area contributed by atoms with Gasteiger partial charge in [-0.1, -0.05) is 20.8 Å². The maximum Gasteiger partial charge on any atom is 0.0220 e. The minimum absolute atomic E-state index is 0.288. The van der Waals surface area contributed by atoms with Crippen LogP contribution in [0.25, 0.3) is 0 Å². The van der Waals surface area contributed by atoms with Crippen LogP contribution in [0.4, 0.5) is 0 Å². The van der Waals surface area contributed by atoms with Gasteiger partial charge in [-0.15, -0.1) is 0 Å². The molecular weight excluding hydrogens is 210 g/mol. The highest BCUT2D eigenvalue weighted by Crippen LogP contribution is 2.24. The quantitative estimate of drug-likeness (QED) is 0.796. The van der Waals surface area contributed by atoms with Crippen molar-refractivity contribution in [1.82, 2.24) is 9.80 Å². The van der Waals surface area contributed by atoms with Gasteiger partial charge in [-0.05, 0) is 51.4 Å². The van der Waals surface area contributed by atoms with E-state index in [1.807, 2.05) is 0 Å². The number of hydrogen-bond donors (Lipinski definition) is 1. The Labute approximate surface area is 107 Å². The van der Waals surface area contributed by atoms with E-state index < -0.39 is 0 Å². The zero-order valence-electron chi connectivity index (χ0n) is 12.2. The first-order valence-corrected chi connectivity index (χ1v) is 7.17. The van der Waals surface area contributed by atoms with Crippen molar-refractivity contribution in [3.8, 4) is 0 Å². The van der Waals surface area contributed by atoms with Crippen molar-refractivity contribution in [1.29, 1.82) is 0 Å². The molecule has 0 radical (unpaired) electrons. The first-order valence-electron chi connectivity index (χ1n) is 7.17. The van der Waals surface area contributed by atoms with Crippen molar-refractivity contribution in [2.75, 3.05) is 39.8 Å². The highest BCUT2D eigenvalue weighted by molar-refractivity contribution is 4.84. The maximum absolute atomic E-state index is 5.95. The summed E-state index contributed by atoms with van der Waals surface area (Å²) in [4.78, 5) is 5.15. The molecule has 0 bridgehead atoms. The molecule has 0 amide bonds. The van der Waals surface area contributed by atoms with Gasteiger partial charge in [-0.2, -0.15) is 0 Å². The summed E-state index contributed by atoms with van der Waals surface area (Å²) in [6.45, 7) is 12.5. The van der Waals surface area contributed by atoms with Crippen molar-refractivity contribution in [3.63, 3.8) is 0 Å². The van der Waals surface area contributed by atoms with Crippen LogP contribution in [0.5, 0.6) is 0 Å². The number of nitrogens with two attached hydrogens (primary N) is 1. The second-order valence-corrected chi connectivity index (χ2v) is 6.02. The van der Waals surface area contributed by atoms with Crippen molar-refractivity contribution in [2.45, 2.75) is 46.1 Å². The average molecular weight is 241 g/mol. The molecule has 0 aromatic heterocycles. The van der Waals surface area contributed by atoms with Gasteiger partial charge < -0.3 is 10.6 Å². The molecule has 3 nitrogen and oxygen atoms in total. The molecule has 1 rings (SSSR count). The lowest BCUT2D eigenvalue weighted by atomic mass is 9.86. The Balaban J connectivity index is 2.65. The molecule has 17 heavy (non-hydrogen) atoms. The number of nitrogens with zero attached hydrogens (tertiary/aromatic N) is 2. The molecule has 0 spiro atoms. The Kier molecular flexibility index (Phi) is 5.90. The van der Waals surface area contributed by atoms with E-state index in [9.17, 15) is 0 Å². The lowest BCUT2D eigenvalue weighted by Crippen LogP contribution is -2.47. The van der Waals surface area contributed by atoms with Crippen LogP contribution in [-0.4, -0.2) is 55.6 Å². The molecule has 0 aliphatic carbocycles. The van der Waals surface area contributed by atoms with Crippen molar-refractivity contribution < 1.29 is 0 Å². The zero-order chi connectivity index (χ0) is 12.9. The van der Waals surface area contributed by atoms with Gasteiger partial charge in [-0.3, -0.25) is 4.90 Å². The van der Waals surface area contributed by atoms with Crippen molar-refractivity contribution in [3.05, 3.63) is 0 Å². The topological polar surface area (TPSA) is 32.5 Å². The molecule has 1 aliphatic rings. The summed E-state index contributed by atoms with van der Waals surface area (Å²) in [6, 6.07) is 0.708. The molecular formula is C14H31N3. The van der Waals surface area contributed by atoms with E-state index in [2.05, 4.69) is 37.6 Å². The molecule has 2 atom stereocenters. The Morgan fingerprint density at radius 1 is 1.29 bits per heavy atom. The van der Waals surface area contributed by atoms with E-state index in [0.717, 1.165) is 13.1 Å². The predicted molar refractivity (Wildman–Crippen MR) is 75.2 cm³/mol. The van der Waals surface area contributed by atoms with Crippen LogP contribution in [0.3, 0.4) is 0 Å². The summed E-state index contributed by atoms with van der Waals surface area (Å²) in [5.74, 6) is 0. The van der Waals surface area contributed by atoms with Crippen molar-refractivity contribution in [2.24, 2.45) is 11.1 Å². The fourth-order valence-corrected chi connectivity index (χ4v) is 2.70. The van der Waals surface area contributed by atoms with Gasteiger partial charge in [0.2, 0.25) is 0 Å². The molecule has 1 saturated heterocycles. The summed E-state index contributed by atoms with van der Waals surface area (Å²) in [5, 5.41) is 0. The SMILES string of the molecule is CCC1CN(C)CCCN1CC(C)(CC)CN. The molecule has 2 unspecified atom stereocenters. The third-order valence-corrected chi connectivity index (χ3v) is 4.43. The first-order chi connectivity index (χ1) is 8.04. The van der Waals surface area contributed by atoms with E-state index in [0.29, 0.717) is 6.04 Å². The summed E-state index contributed by atoms with van der Waals surface area (Å²) in [7, 11) is 2.24. The van der Waals surface area contributed by atoms with Gasteiger partial charge in [0.15, 0.2) is 0 Å². The monoisotopic (exact) mass is 241 g/mol. The second-order valence-electron chi connectivity index (χ2n) is 6.02. The Morgan fingerprint density at radius 2 is 2.00 bits per heavy atom. The summed E-state index contributed by atoms with van der Waals surface area (Å²) >= 11 is 0. The number of rotatable bonds is 5. The van der Waals surface area contributed by atoms with Crippen LogP contribution >= 0.6 is 0 Å². The molecule has 3 heteroatoms. The summed E-state index contributed by atoms with van der Waals surface area (Å²) < 4.78 is 0. The van der Waals surface area contributed by atoms with Gasteiger partial charge >= 0.3 is 0 Å². The second kappa shape index (κ2) is 6.72. The third kappa shape index (κ3) is 4.23. The normalized spacial score (nSPS) is 27.7. The highest BCUT2D eigenvalue weighted by atomic mass is 15.2. The molecule has 1 aliphatic heterocycles. The zero-order valence-corrected chi connectivity index (χ0v) is 12.2. The van der Waals surface area contributed by atoms with E-state index in [1.165, 1.54) is 38.9 Å². The molecule has 0 saturated carbocycles. The standard InChI is InChI=1S/C14H31N3/c1-5-13-10-16(4)8-7-9-17(13)12-14(3,6-2)11-15/h13H,5-12,15H2,1-4H3. The molecule has 2 N–H and O–H groups in total. The van der Waals surface area contributed by atoms with Crippen LogP contribution in [0.2, 0.25) is 0 Å².